The lowest BCUT2D eigenvalue weighted by molar-refractivity contribution is 0.0280. The van der Waals surface area contributed by atoms with Crippen LogP contribution in [0.25, 0.3) is 0 Å². The summed E-state index contributed by atoms with van der Waals surface area (Å²) in [5.74, 6) is 3.10. The number of hydrogen-bond acceptors (Lipinski definition) is 2. The van der Waals surface area contributed by atoms with Crippen molar-refractivity contribution in [2.75, 3.05) is 13.1 Å². The Hall–Kier alpha value is -0.0800. The minimum Gasteiger partial charge on any atom is -0.311 e. The summed E-state index contributed by atoms with van der Waals surface area (Å²) < 4.78 is 0. The molecule has 2 nitrogen and oxygen atoms in total. The van der Waals surface area contributed by atoms with Crippen molar-refractivity contribution in [3.8, 4) is 0 Å². The van der Waals surface area contributed by atoms with Crippen molar-refractivity contribution < 1.29 is 0 Å². The van der Waals surface area contributed by atoms with E-state index in [0.717, 1.165) is 30.3 Å². The third-order valence-electron chi connectivity index (χ3n) is 6.60. The quantitative estimate of drug-likeness (QED) is 0.831. The van der Waals surface area contributed by atoms with Gasteiger partial charge in [-0.2, -0.15) is 0 Å². The normalized spacial score (nSPS) is 44.0. The van der Waals surface area contributed by atoms with E-state index in [-0.39, 0.29) is 0 Å². The molecule has 1 saturated heterocycles. The number of nitrogens with one attached hydrogen (secondary N) is 1. The van der Waals surface area contributed by atoms with Crippen molar-refractivity contribution in [1.29, 1.82) is 0 Å². The predicted molar refractivity (Wildman–Crippen MR) is 85.8 cm³/mol. The molecule has 2 heteroatoms. The van der Waals surface area contributed by atoms with Gasteiger partial charge in [-0.15, -0.1) is 0 Å². The highest BCUT2D eigenvalue weighted by Crippen LogP contribution is 2.50. The fourth-order valence-corrected chi connectivity index (χ4v) is 5.16. The van der Waals surface area contributed by atoms with Gasteiger partial charge >= 0.3 is 0 Å². The Balaban J connectivity index is 1.68. The van der Waals surface area contributed by atoms with Crippen molar-refractivity contribution in [3.63, 3.8) is 0 Å². The highest BCUT2D eigenvalue weighted by Gasteiger charge is 2.45. The summed E-state index contributed by atoms with van der Waals surface area (Å²) in [6, 6.07) is 2.12. The van der Waals surface area contributed by atoms with E-state index in [1.54, 1.807) is 0 Å². The first-order chi connectivity index (χ1) is 9.36. The molecule has 20 heavy (non-hydrogen) atoms. The molecule has 116 valence electrons. The van der Waals surface area contributed by atoms with Gasteiger partial charge in [-0.05, 0) is 56.3 Å². The maximum atomic E-state index is 3.78. The van der Waals surface area contributed by atoms with E-state index in [9.17, 15) is 0 Å². The molecular weight excluding hydrogens is 244 g/mol. The maximum absolute atomic E-state index is 3.78. The first-order valence-corrected chi connectivity index (χ1v) is 8.85. The van der Waals surface area contributed by atoms with E-state index in [2.05, 4.69) is 44.8 Å². The van der Waals surface area contributed by atoms with Gasteiger partial charge in [0, 0.05) is 31.2 Å². The summed E-state index contributed by atoms with van der Waals surface area (Å²) in [6.07, 6.45) is 6.10. The number of fused-ring (bicyclic) bond motifs is 2. The van der Waals surface area contributed by atoms with Crippen LogP contribution < -0.4 is 5.32 Å². The van der Waals surface area contributed by atoms with Gasteiger partial charge in [0.1, 0.15) is 0 Å². The van der Waals surface area contributed by atoms with Crippen molar-refractivity contribution in [1.82, 2.24) is 10.2 Å². The Bertz CT molecular complexity index is 346. The molecule has 2 aliphatic carbocycles. The van der Waals surface area contributed by atoms with Gasteiger partial charge < -0.3 is 5.32 Å². The van der Waals surface area contributed by atoms with Gasteiger partial charge in [-0.25, -0.2) is 0 Å². The lowest BCUT2D eigenvalue weighted by Crippen LogP contribution is -2.62. The van der Waals surface area contributed by atoms with Gasteiger partial charge in [-0.1, -0.05) is 27.2 Å². The molecule has 2 saturated carbocycles. The van der Waals surface area contributed by atoms with Gasteiger partial charge in [0.05, 0.1) is 0 Å². The molecule has 3 fully saturated rings. The van der Waals surface area contributed by atoms with Crippen molar-refractivity contribution in [2.24, 2.45) is 23.2 Å². The van der Waals surface area contributed by atoms with E-state index >= 15 is 0 Å². The van der Waals surface area contributed by atoms with Gasteiger partial charge in [-0.3, -0.25) is 4.90 Å². The highest BCUT2D eigenvalue weighted by molar-refractivity contribution is 4.98. The van der Waals surface area contributed by atoms with E-state index in [1.165, 1.54) is 32.2 Å². The van der Waals surface area contributed by atoms with Gasteiger partial charge in [0.25, 0.3) is 0 Å². The maximum Gasteiger partial charge on any atom is 0.0244 e. The number of nitrogens with zero attached hydrogens (tertiary/aromatic N) is 1. The minimum atomic E-state index is 0.368. The predicted octanol–water partition coefficient (Wildman–Crippen LogP) is 3.52. The molecule has 0 aromatic carbocycles. The van der Waals surface area contributed by atoms with Crippen molar-refractivity contribution in [2.45, 2.75) is 78.4 Å². The molecule has 0 spiro atoms. The first kappa shape index (κ1) is 14.8. The van der Waals surface area contributed by atoms with E-state index in [1.807, 2.05) is 0 Å². The zero-order chi connectivity index (χ0) is 14.5. The Kier molecular flexibility index (Phi) is 3.92. The van der Waals surface area contributed by atoms with E-state index < -0.39 is 0 Å². The van der Waals surface area contributed by atoms with Crippen LogP contribution in [-0.2, 0) is 0 Å². The van der Waals surface area contributed by atoms with Crippen LogP contribution in [0.4, 0.5) is 0 Å². The van der Waals surface area contributed by atoms with E-state index in [0.29, 0.717) is 17.5 Å². The van der Waals surface area contributed by atoms with Gasteiger partial charge in [0.2, 0.25) is 0 Å². The van der Waals surface area contributed by atoms with Crippen LogP contribution in [0.5, 0.6) is 0 Å². The number of rotatable bonds is 2. The summed E-state index contributed by atoms with van der Waals surface area (Å²) in [6.45, 7) is 14.5. The Morgan fingerprint density at radius 3 is 2.45 bits per heavy atom. The summed E-state index contributed by atoms with van der Waals surface area (Å²) in [4.78, 5) is 2.83. The Labute approximate surface area is 125 Å². The minimum absolute atomic E-state index is 0.368. The van der Waals surface area contributed by atoms with E-state index in [4.69, 9.17) is 0 Å². The monoisotopic (exact) mass is 278 g/mol. The van der Waals surface area contributed by atoms with Crippen LogP contribution in [0, 0.1) is 23.2 Å². The molecule has 1 heterocycles. The smallest absolute Gasteiger partial charge is 0.0244 e. The Morgan fingerprint density at radius 2 is 1.90 bits per heavy atom. The molecule has 1 aliphatic heterocycles. The fraction of sp³-hybridized carbons (Fsp3) is 1.00. The summed E-state index contributed by atoms with van der Waals surface area (Å²) >= 11 is 0. The topological polar surface area (TPSA) is 15.3 Å². The molecule has 3 rings (SSSR count). The highest BCUT2D eigenvalue weighted by atomic mass is 15.3. The van der Waals surface area contributed by atoms with Crippen LogP contribution in [0.3, 0.4) is 0 Å². The molecule has 6 atom stereocenters. The van der Waals surface area contributed by atoms with Crippen LogP contribution in [0.15, 0.2) is 0 Å². The third-order valence-corrected chi connectivity index (χ3v) is 6.60. The molecule has 0 radical (unpaired) electrons. The summed E-state index contributed by atoms with van der Waals surface area (Å²) in [5.41, 5.74) is 0.368. The van der Waals surface area contributed by atoms with Gasteiger partial charge in [0.15, 0.2) is 0 Å². The molecule has 2 bridgehead atoms. The zero-order valence-electron chi connectivity index (χ0n) is 14.2. The van der Waals surface area contributed by atoms with Crippen molar-refractivity contribution >= 4 is 0 Å². The summed E-state index contributed by atoms with van der Waals surface area (Å²) in [7, 11) is 0. The average Bonchev–Trinajstić information content (AvgIpc) is 2.99. The second-order valence-electron chi connectivity index (χ2n) is 8.95. The molecule has 3 aliphatic rings. The number of piperazine rings is 1. The van der Waals surface area contributed by atoms with Crippen LogP contribution in [-0.4, -0.2) is 36.1 Å². The van der Waals surface area contributed by atoms with Crippen LogP contribution >= 0.6 is 0 Å². The molecule has 0 amide bonds. The lowest BCUT2D eigenvalue weighted by atomic mass is 9.80. The third kappa shape index (κ3) is 2.66. The number of hydrogen-bond donors (Lipinski definition) is 1. The van der Waals surface area contributed by atoms with Crippen LogP contribution in [0.2, 0.25) is 0 Å². The second-order valence-corrected chi connectivity index (χ2v) is 8.95. The standard InChI is InChI=1S/C18H34N2/c1-12-10-19-17(18(3,4)5)11-20(12)13(2)16-9-14-6-7-15(16)8-14/h12-17,19H,6-11H2,1-5H3. The largest absolute Gasteiger partial charge is 0.311 e. The summed E-state index contributed by atoms with van der Waals surface area (Å²) in [5, 5.41) is 3.78. The lowest BCUT2D eigenvalue weighted by Gasteiger charge is -2.48. The second kappa shape index (κ2) is 5.28. The fourth-order valence-electron chi connectivity index (χ4n) is 5.16. The van der Waals surface area contributed by atoms with Crippen molar-refractivity contribution in [3.05, 3.63) is 0 Å². The molecule has 6 unspecified atom stereocenters. The average molecular weight is 278 g/mol. The first-order valence-electron chi connectivity index (χ1n) is 8.85. The molecular formula is C18H34N2. The molecule has 0 aromatic heterocycles. The molecule has 1 N–H and O–H groups in total. The zero-order valence-corrected chi connectivity index (χ0v) is 14.2. The van der Waals surface area contributed by atoms with Crippen LogP contribution in [0.1, 0.15) is 60.3 Å². The molecule has 0 aromatic rings. The SMILES string of the molecule is CC1CNC(C(C)(C)C)CN1C(C)C1CC2CCC1C2. The Morgan fingerprint density at radius 1 is 1.15 bits per heavy atom.